The highest BCUT2D eigenvalue weighted by Gasteiger charge is 1.97. The van der Waals surface area contributed by atoms with E-state index in [0.717, 1.165) is 57.9 Å². The molecular weight excluding hydrogens is 274 g/mol. The predicted octanol–water partition coefficient (Wildman–Crippen LogP) is 2.99. The van der Waals surface area contributed by atoms with E-state index in [1.165, 1.54) is 12.0 Å². The molecule has 1 rings (SSSR count). The van der Waals surface area contributed by atoms with E-state index >= 15 is 0 Å². The highest BCUT2D eigenvalue weighted by atomic mass is 16.5. The van der Waals surface area contributed by atoms with Gasteiger partial charge in [-0.15, -0.1) is 0 Å². The van der Waals surface area contributed by atoms with Gasteiger partial charge in [0.25, 0.3) is 0 Å². The average Bonchev–Trinajstić information content (AvgIpc) is 2.57. The summed E-state index contributed by atoms with van der Waals surface area (Å²) in [7, 11) is 1.81. The smallest absolute Gasteiger partial charge is 0.190 e. The lowest BCUT2D eigenvalue weighted by Gasteiger charge is -2.12. The molecule has 0 radical (unpaired) electrons. The minimum atomic E-state index is 0.817. The zero-order valence-electron chi connectivity index (χ0n) is 14.1. The first kappa shape index (κ1) is 18.5. The number of aliphatic imine (C=N–C) groups is 1. The highest BCUT2D eigenvalue weighted by Crippen LogP contribution is 2.01. The maximum atomic E-state index is 5.54. The first-order chi connectivity index (χ1) is 10.9. The maximum Gasteiger partial charge on any atom is 0.190 e. The summed E-state index contributed by atoms with van der Waals surface area (Å²) < 4.78 is 5.54. The molecule has 0 bridgehead atoms. The van der Waals surface area contributed by atoms with E-state index in [4.69, 9.17) is 4.74 Å². The summed E-state index contributed by atoms with van der Waals surface area (Å²) in [6.07, 6.45) is 5.55. The summed E-state index contributed by atoms with van der Waals surface area (Å²) in [6, 6.07) is 10.6. The number of nitrogens with one attached hydrogen (secondary N) is 2. The average molecular weight is 305 g/mol. The van der Waals surface area contributed by atoms with Crippen LogP contribution in [0.1, 0.15) is 38.2 Å². The number of nitrogens with zero attached hydrogens (tertiary/aromatic N) is 1. The molecule has 0 heterocycles. The van der Waals surface area contributed by atoms with Crippen LogP contribution in [0.2, 0.25) is 0 Å². The Labute approximate surface area is 135 Å². The van der Waals surface area contributed by atoms with E-state index in [9.17, 15) is 0 Å². The van der Waals surface area contributed by atoms with Crippen molar-refractivity contribution in [1.29, 1.82) is 0 Å². The fraction of sp³-hybridized carbons (Fsp3) is 0.611. The van der Waals surface area contributed by atoms with Crippen molar-refractivity contribution in [1.82, 2.24) is 10.6 Å². The van der Waals surface area contributed by atoms with Crippen LogP contribution in [0.15, 0.2) is 35.3 Å². The Hall–Kier alpha value is -1.55. The van der Waals surface area contributed by atoms with Crippen molar-refractivity contribution >= 4 is 5.96 Å². The monoisotopic (exact) mass is 305 g/mol. The number of hydrogen-bond acceptors (Lipinski definition) is 2. The molecule has 0 unspecified atom stereocenters. The van der Waals surface area contributed by atoms with Gasteiger partial charge in [0.1, 0.15) is 0 Å². The SMILES string of the molecule is CCCCOCCCNC(=NC)NCCCc1ccccc1. The summed E-state index contributed by atoms with van der Waals surface area (Å²) in [6.45, 7) is 5.70. The number of aryl methyl sites for hydroxylation is 1. The van der Waals surface area contributed by atoms with Gasteiger partial charge < -0.3 is 15.4 Å². The summed E-state index contributed by atoms with van der Waals surface area (Å²) in [5.74, 6) is 0.876. The van der Waals surface area contributed by atoms with Crippen molar-refractivity contribution in [3.8, 4) is 0 Å². The van der Waals surface area contributed by atoms with E-state index < -0.39 is 0 Å². The van der Waals surface area contributed by atoms with Gasteiger partial charge in [0, 0.05) is 33.4 Å². The van der Waals surface area contributed by atoms with Gasteiger partial charge in [-0.25, -0.2) is 0 Å². The van der Waals surface area contributed by atoms with Crippen LogP contribution in [0, 0.1) is 0 Å². The maximum absolute atomic E-state index is 5.54. The van der Waals surface area contributed by atoms with Crippen molar-refractivity contribution < 1.29 is 4.74 Å². The molecule has 0 aromatic heterocycles. The van der Waals surface area contributed by atoms with Gasteiger partial charge in [0.2, 0.25) is 0 Å². The van der Waals surface area contributed by atoms with Crippen molar-refractivity contribution in [2.24, 2.45) is 4.99 Å². The molecule has 4 nitrogen and oxygen atoms in total. The normalized spacial score (nSPS) is 11.5. The van der Waals surface area contributed by atoms with Gasteiger partial charge in [0.15, 0.2) is 5.96 Å². The molecule has 22 heavy (non-hydrogen) atoms. The van der Waals surface area contributed by atoms with Crippen LogP contribution in [-0.4, -0.2) is 39.3 Å². The molecule has 0 saturated heterocycles. The molecule has 1 aromatic rings. The number of unbranched alkanes of at least 4 members (excludes halogenated alkanes) is 1. The van der Waals surface area contributed by atoms with Crippen molar-refractivity contribution in [3.63, 3.8) is 0 Å². The molecule has 4 heteroatoms. The zero-order chi connectivity index (χ0) is 15.9. The molecule has 0 aliphatic carbocycles. The Balaban J connectivity index is 2.00. The molecule has 1 aromatic carbocycles. The standard InChI is InChI=1S/C18H31N3O/c1-3-4-15-22-16-9-14-21-18(19-2)20-13-8-12-17-10-6-5-7-11-17/h5-7,10-11H,3-4,8-9,12-16H2,1-2H3,(H2,19,20,21). The summed E-state index contributed by atoms with van der Waals surface area (Å²) in [5.41, 5.74) is 1.39. The van der Waals surface area contributed by atoms with Gasteiger partial charge in [-0.2, -0.15) is 0 Å². The second-order valence-electron chi connectivity index (χ2n) is 5.33. The Morgan fingerprint density at radius 2 is 1.68 bits per heavy atom. The molecule has 0 fully saturated rings. The van der Waals surface area contributed by atoms with Crippen LogP contribution < -0.4 is 10.6 Å². The van der Waals surface area contributed by atoms with Crippen LogP contribution in [0.5, 0.6) is 0 Å². The van der Waals surface area contributed by atoms with Crippen molar-refractivity contribution in [2.75, 3.05) is 33.4 Å². The summed E-state index contributed by atoms with van der Waals surface area (Å²) >= 11 is 0. The topological polar surface area (TPSA) is 45.6 Å². The second kappa shape index (κ2) is 13.1. The van der Waals surface area contributed by atoms with Gasteiger partial charge >= 0.3 is 0 Å². The number of ether oxygens (including phenoxy) is 1. The number of guanidine groups is 1. The van der Waals surface area contributed by atoms with E-state index in [0.29, 0.717) is 0 Å². The fourth-order valence-corrected chi connectivity index (χ4v) is 2.09. The lowest BCUT2D eigenvalue weighted by Crippen LogP contribution is -2.38. The molecule has 0 saturated carbocycles. The van der Waals surface area contributed by atoms with E-state index in [1.807, 2.05) is 7.05 Å². The van der Waals surface area contributed by atoms with Gasteiger partial charge in [-0.05, 0) is 31.2 Å². The largest absolute Gasteiger partial charge is 0.381 e. The minimum absolute atomic E-state index is 0.817. The second-order valence-corrected chi connectivity index (χ2v) is 5.33. The quantitative estimate of drug-likeness (QED) is 0.375. The van der Waals surface area contributed by atoms with E-state index in [-0.39, 0.29) is 0 Å². The first-order valence-electron chi connectivity index (χ1n) is 8.43. The number of hydrogen-bond donors (Lipinski definition) is 2. The molecule has 2 N–H and O–H groups in total. The van der Waals surface area contributed by atoms with E-state index in [2.05, 4.69) is 52.9 Å². The van der Waals surface area contributed by atoms with Gasteiger partial charge in [0.05, 0.1) is 0 Å². The summed E-state index contributed by atoms with van der Waals surface area (Å²) in [4.78, 5) is 4.23. The lowest BCUT2D eigenvalue weighted by molar-refractivity contribution is 0.129. The van der Waals surface area contributed by atoms with Gasteiger partial charge in [-0.1, -0.05) is 43.7 Å². The van der Waals surface area contributed by atoms with Crippen LogP contribution in [0.4, 0.5) is 0 Å². The molecular formula is C18H31N3O. The Kier molecular flexibility index (Phi) is 11.0. The molecule has 124 valence electrons. The number of benzene rings is 1. The lowest BCUT2D eigenvalue weighted by atomic mass is 10.1. The Morgan fingerprint density at radius 1 is 1.00 bits per heavy atom. The third-order valence-corrected chi connectivity index (χ3v) is 3.40. The fourth-order valence-electron chi connectivity index (χ4n) is 2.09. The third-order valence-electron chi connectivity index (χ3n) is 3.40. The van der Waals surface area contributed by atoms with Crippen LogP contribution in [0.3, 0.4) is 0 Å². The Bertz CT molecular complexity index is 393. The molecule has 0 aliphatic heterocycles. The molecule has 0 atom stereocenters. The predicted molar refractivity (Wildman–Crippen MR) is 94.5 cm³/mol. The van der Waals surface area contributed by atoms with Crippen molar-refractivity contribution in [2.45, 2.75) is 39.0 Å². The summed E-state index contributed by atoms with van der Waals surface area (Å²) in [5, 5.41) is 6.67. The number of rotatable bonds is 11. The molecule has 0 spiro atoms. The minimum Gasteiger partial charge on any atom is -0.381 e. The zero-order valence-corrected chi connectivity index (χ0v) is 14.1. The van der Waals surface area contributed by atoms with Crippen LogP contribution >= 0.6 is 0 Å². The first-order valence-corrected chi connectivity index (χ1v) is 8.43. The van der Waals surface area contributed by atoms with Crippen molar-refractivity contribution in [3.05, 3.63) is 35.9 Å². The third kappa shape index (κ3) is 9.40. The molecule has 0 amide bonds. The van der Waals surface area contributed by atoms with Gasteiger partial charge in [-0.3, -0.25) is 4.99 Å². The van der Waals surface area contributed by atoms with Crippen LogP contribution in [0.25, 0.3) is 0 Å². The van der Waals surface area contributed by atoms with E-state index in [1.54, 1.807) is 0 Å². The highest BCUT2D eigenvalue weighted by molar-refractivity contribution is 5.79. The Morgan fingerprint density at radius 3 is 2.36 bits per heavy atom. The molecule has 0 aliphatic rings. The van der Waals surface area contributed by atoms with Crippen LogP contribution in [-0.2, 0) is 11.2 Å².